The molecular weight excluding hydrogens is 358 g/mol. The van der Waals surface area contributed by atoms with Crippen molar-refractivity contribution in [2.45, 2.75) is 78.6 Å². The van der Waals surface area contributed by atoms with Crippen molar-refractivity contribution >= 4 is 18.0 Å². The topological polar surface area (TPSA) is 72.0 Å². The van der Waals surface area contributed by atoms with Crippen LogP contribution in [-0.4, -0.2) is 46.4 Å². The largest absolute Gasteiger partial charge is 0.444 e. The molecule has 0 unspecified atom stereocenters. The molecule has 0 radical (unpaired) electrons. The van der Waals surface area contributed by atoms with E-state index in [1.54, 1.807) is 11.1 Å². The maximum absolute atomic E-state index is 12.7. The minimum absolute atomic E-state index is 0.185. The van der Waals surface area contributed by atoms with Gasteiger partial charge in [0, 0.05) is 24.8 Å². The summed E-state index contributed by atoms with van der Waals surface area (Å²) >= 11 is 0. The molecule has 156 valence electrons. The van der Waals surface area contributed by atoms with E-state index >= 15 is 0 Å². The minimum atomic E-state index is -0.602. The van der Waals surface area contributed by atoms with E-state index in [1.165, 1.54) is 4.90 Å². The van der Waals surface area contributed by atoms with Gasteiger partial charge < -0.3 is 14.4 Å². The predicted molar refractivity (Wildman–Crippen MR) is 108 cm³/mol. The molecule has 0 aliphatic carbocycles. The minimum Gasteiger partial charge on any atom is -0.444 e. The molecule has 1 aliphatic rings. The monoisotopic (exact) mass is 391 g/mol. The van der Waals surface area contributed by atoms with Crippen molar-refractivity contribution in [2.24, 2.45) is 0 Å². The highest BCUT2D eigenvalue weighted by molar-refractivity contribution is 5.87. The first kappa shape index (κ1) is 22.0. The molecular formula is C21H33N3O4. The third-order valence-electron chi connectivity index (χ3n) is 4.24. The van der Waals surface area contributed by atoms with E-state index in [9.17, 15) is 9.59 Å². The maximum atomic E-state index is 12.7. The van der Waals surface area contributed by atoms with Crippen LogP contribution in [0.2, 0.25) is 0 Å². The van der Waals surface area contributed by atoms with Crippen molar-refractivity contribution in [2.75, 3.05) is 18.0 Å². The first-order valence-corrected chi connectivity index (χ1v) is 9.88. The van der Waals surface area contributed by atoms with Crippen molar-refractivity contribution in [3.8, 4) is 0 Å². The Morgan fingerprint density at radius 2 is 1.82 bits per heavy atom. The standard InChI is InChI=1S/C21H33N3O4/c1-8-23(18(25)27-20(2,3)4)17-15(11-9-13-22-17)16-12-10-14-24(16)19(26)28-21(5,6)7/h9,11,13,16H,8,10,12,14H2,1-7H3/t16-/m1/s1. The Morgan fingerprint density at radius 3 is 2.39 bits per heavy atom. The molecule has 0 N–H and O–H groups in total. The second-order valence-electron chi connectivity index (χ2n) is 8.97. The Hall–Kier alpha value is -2.31. The van der Waals surface area contributed by atoms with Crippen molar-refractivity contribution in [1.29, 1.82) is 0 Å². The molecule has 7 heteroatoms. The number of hydrogen-bond acceptors (Lipinski definition) is 5. The molecule has 1 fully saturated rings. The third kappa shape index (κ3) is 5.59. The molecule has 0 bridgehead atoms. The first-order valence-electron chi connectivity index (χ1n) is 9.88. The summed E-state index contributed by atoms with van der Waals surface area (Å²) in [4.78, 5) is 33.1. The number of anilines is 1. The summed E-state index contributed by atoms with van der Waals surface area (Å²) in [6, 6.07) is 3.56. The van der Waals surface area contributed by atoms with Crippen LogP contribution in [0.15, 0.2) is 18.3 Å². The summed E-state index contributed by atoms with van der Waals surface area (Å²) in [6.45, 7) is 14.0. The van der Waals surface area contributed by atoms with Gasteiger partial charge in [0.1, 0.15) is 17.0 Å². The van der Waals surface area contributed by atoms with Crippen LogP contribution in [0.1, 0.15) is 72.9 Å². The number of nitrogens with zero attached hydrogens (tertiary/aromatic N) is 3. The van der Waals surface area contributed by atoms with E-state index < -0.39 is 17.3 Å². The lowest BCUT2D eigenvalue weighted by atomic mass is 10.0. The van der Waals surface area contributed by atoms with Gasteiger partial charge >= 0.3 is 12.2 Å². The summed E-state index contributed by atoms with van der Waals surface area (Å²) in [5, 5.41) is 0. The number of carbonyl (C=O) groups excluding carboxylic acids is 2. The fourth-order valence-electron chi connectivity index (χ4n) is 3.21. The summed E-state index contributed by atoms with van der Waals surface area (Å²) in [6.07, 6.45) is 2.53. The smallest absolute Gasteiger partial charge is 0.415 e. The van der Waals surface area contributed by atoms with Crippen molar-refractivity contribution in [3.05, 3.63) is 23.9 Å². The van der Waals surface area contributed by atoms with Crippen molar-refractivity contribution in [3.63, 3.8) is 0 Å². The van der Waals surface area contributed by atoms with E-state index in [2.05, 4.69) is 4.98 Å². The average Bonchev–Trinajstić information content (AvgIpc) is 3.02. The number of hydrogen-bond donors (Lipinski definition) is 0. The highest BCUT2D eigenvalue weighted by Crippen LogP contribution is 2.37. The predicted octanol–water partition coefficient (Wildman–Crippen LogP) is 4.92. The van der Waals surface area contributed by atoms with Crippen molar-refractivity contribution in [1.82, 2.24) is 9.88 Å². The fourth-order valence-corrected chi connectivity index (χ4v) is 3.21. The van der Waals surface area contributed by atoms with E-state index in [0.717, 1.165) is 18.4 Å². The Bertz CT molecular complexity index is 706. The number of likely N-dealkylation sites (tertiary alicyclic amines) is 1. The van der Waals surface area contributed by atoms with Crippen LogP contribution >= 0.6 is 0 Å². The lowest BCUT2D eigenvalue weighted by Gasteiger charge is -2.31. The quantitative estimate of drug-likeness (QED) is 0.732. The molecule has 2 rings (SSSR count). The van der Waals surface area contributed by atoms with Gasteiger partial charge in [-0.1, -0.05) is 6.07 Å². The van der Waals surface area contributed by atoms with Crippen LogP contribution in [0.3, 0.4) is 0 Å². The Labute approximate surface area is 168 Å². The maximum Gasteiger partial charge on any atom is 0.415 e. The lowest BCUT2D eigenvalue weighted by Crippen LogP contribution is -2.39. The number of ether oxygens (including phenoxy) is 2. The lowest BCUT2D eigenvalue weighted by molar-refractivity contribution is 0.0224. The highest BCUT2D eigenvalue weighted by atomic mass is 16.6. The molecule has 0 spiro atoms. The molecule has 1 atom stereocenters. The number of carbonyl (C=O) groups is 2. The molecule has 2 heterocycles. The van der Waals surface area contributed by atoms with Gasteiger partial charge in [0.05, 0.1) is 6.04 Å². The molecule has 1 saturated heterocycles. The van der Waals surface area contributed by atoms with Crippen LogP contribution in [0.5, 0.6) is 0 Å². The molecule has 2 amide bonds. The number of pyridine rings is 1. The molecule has 1 aromatic heterocycles. The van der Waals surface area contributed by atoms with Crippen LogP contribution in [0.4, 0.5) is 15.4 Å². The van der Waals surface area contributed by atoms with E-state index in [0.29, 0.717) is 18.9 Å². The summed E-state index contributed by atoms with van der Waals surface area (Å²) < 4.78 is 11.1. The molecule has 7 nitrogen and oxygen atoms in total. The number of aromatic nitrogens is 1. The fraction of sp³-hybridized carbons (Fsp3) is 0.667. The van der Waals surface area contributed by atoms with Crippen LogP contribution in [0.25, 0.3) is 0 Å². The Kier molecular flexibility index (Phi) is 6.57. The van der Waals surface area contributed by atoms with E-state index in [1.807, 2.05) is 60.6 Å². The van der Waals surface area contributed by atoms with Gasteiger partial charge in [0.25, 0.3) is 0 Å². The molecule has 0 aromatic carbocycles. The van der Waals surface area contributed by atoms with Gasteiger partial charge in [-0.2, -0.15) is 0 Å². The summed E-state index contributed by atoms with van der Waals surface area (Å²) in [5.74, 6) is 0.528. The molecule has 0 saturated carbocycles. The summed E-state index contributed by atoms with van der Waals surface area (Å²) in [5.41, 5.74) is -0.331. The van der Waals surface area contributed by atoms with E-state index in [4.69, 9.17) is 9.47 Å². The van der Waals surface area contributed by atoms with Gasteiger partial charge in [-0.05, 0) is 67.4 Å². The zero-order chi connectivity index (χ0) is 21.1. The molecule has 1 aromatic rings. The zero-order valence-electron chi connectivity index (χ0n) is 18.1. The first-order chi connectivity index (χ1) is 12.9. The van der Waals surface area contributed by atoms with Gasteiger partial charge in [-0.25, -0.2) is 14.6 Å². The Morgan fingerprint density at radius 1 is 1.18 bits per heavy atom. The van der Waals surface area contributed by atoms with Gasteiger partial charge in [-0.3, -0.25) is 4.90 Å². The van der Waals surface area contributed by atoms with Crippen LogP contribution in [-0.2, 0) is 9.47 Å². The average molecular weight is 392 g/mol. The zero-order valence-corrected chi connectivity index (χ0v) is 18.1. The summed E-state index contributed by atoms with van der Waals surface area (Å²) in [7, 11) is 0. The van der Waals surface area contributed by atoms with Gasteiger partial charge in [0.2, 0.25) is 0 Å². The number of amides is 2. The van der Waals surface area contributed by atoms with Crippen molar-refractivity contribution < 1.29 is 19.1 Å². The Balaban J connectivity index is 2.34. The molecule has 28 heavy (non-hydrogen) atoms. The van der Waals surface area contributed by atoms with Gasteiger partial charge in [-0.15, -0.1) is 0 Å². The molecule has 1 aliphatic heterocycles. The van der Waals surface area contributed by atoms with Gasteiger partial charge in [0.15, 0.2) is 0 Å². The third-order valence-corrected chi connectivity index (χ3v) is 4.24. The SMILES string of the molecule is CCN(C(=O)OC(C)(C)C)c1ncccc1[C@H]1CCCN1C(=O)OC(C)(C)C. The second-order valence-corrected chi connectivity index (χ2v) is 8.97. The number of rotatable bonds is 3. The highest BCUT2D eigenvalue weighted by Gasteiger charge is 2.36. The van der Waals surface area contributed by atoms with E-state index in [-0.39, 0.29) is 12.1 Å². The normalized spacial score (nSPS) is 17.4. The van der Waals surface area contributed by atoms with Crippen LogP contribution in [0, 0.1) is 0 Å². The second kappa shape index (κ2) is 8.37. The van der Waals surface area contributed by atoms with Crippen LogP contribution < -0.4 is 4.90 Å².